The fraction of sp³-hybridized carbons (Fsp3) is 0.435. The Labute approximate surface area is 167 Å². The number of fused-ring (bicyclic) bond motifs is 1. The monoisotopic (exact) mass is 382 g/mol. The lowest BCUT2D eigenvalue weighted by Crippen LogP contribution is -2.37. The van der Waals surface area contributed by atoms with E-state index in [1.165, 1.54) is 16.7 Å². The van der Waals surface area contributed by atoms with Crippen LogP contribution in [0.1, 0.15) is 46.8 Å². The van der Waals surface area contributed by atoms with Crippen LogP contribution in [0.5, 0.6) is 11.5 Å². The summed E-state index contributed by atoms with van der Waals surface area (Å²) in [6, 6.07) is 12.0. The molecule has 0 saturated carbocycles. The Hall–Kier alpha value is -2.53. The van der Waals surface area contributed by atoms with Crippen LogP contribution in [-0.4, -0.2) is 44.7 Å². The van der Waals surface area contributed by atoms with Crippen LogP contribution in [0.15, 0.2) is 36.4 Å². The number of rotatable bonds is 7. The van der Waals surface area contributed by atoms with E-state index < -0.39 is 0 Å². The molecule has 150 valence electrons. The summed E-state index contributed by atoms with van der Waals surface area (Å²) in [4.78, 5) is 14.7. The molecule has 0 fully saturated rings. The Morgan fingerprint density at radius 2 is 1.71 bits per heavy atom. The summed E-state index contributed by atoms with van der Waals surface area (Å²) in [7, 11) is 3.33. The van der Waals surface area contributed by atoms with Crippen molar-refractivity contribution in [2.45, 2.75) is 32.7 Å². The summed E-state index contributed by atoms with van der Waals surface area (Å²) in [5.74, 6) is 2.00. The lowest BCUT2D eigenvalue weighted by Gasteiger charge is -2.29. The lowest BCUT2D eigenvalue weighted by molar-refractivity contribution is 0.0947. The van der Waals surface area contributed by atoms with Crippen LogP contribution < -0.4 is 14.8 Å². The van der Waals surface area contributed by atoms with E-state index in [2.05, 4.69) is 36.2 Å². The van der Waals surface area contributed by atoms with Crippen molar-refractivity contribution in [3.63, 3.8) is 0 Å². The number of hydrogen-bond donors (Lipinski definition) is 1. The lowest BCUT2D eigenvalue weighted by atomic mass is 9.99. The second-order valence-corrected chi connectivity index (χ2v) is 7.53. The normalized spacial score (nSPS) is 13.9. The van der Waals surface area contributed by atoms with Gasteiger partial charge in [-0.1, -0.05) is 26.0 Å². The maximum Gasteiger partial charge on any atom is 0.251 e. The SMILES string of the molecule is COc1cc2c(cc1OC)CN(CCNC(=O)c1ccc(C(C)C)cc1)CC2. The van der Waals surface area contributed by atoms with Gasteiger partial charge in [0, 0.05) is 31.7 Å². The molecule has 1 aliphatic rings. The van der Waals surface area contributed by atoms with Crippen molar-refractivity contribution in [1.82, 2.24) is 10.2 Å². The fourth-order valence-electron chi connectivity index (χ4n) is 3.58. The summed E-state index contributed by atoms with van der Waals surface area (Å²) >= 11 is 0. The summed E-state index contributed by atoms with van der Waals surface area (Å²) in [6.45, 7) is 7.59. The number of carbonyl (C=O) groups excluding carboxylic acids is 1. The highest BCUT2D eigenvalue weighted by molar-refractivity contribution is 5.94. The van der Waals surface area contributed by atoms with Crippen molar-refractivity contribution in [1.29, 1.82) is 0 Å². The number of carbonyl (C=O) groups is 1. The molecule has 0 atom stereocenters. The van der Waals surface area contributed by atoms with Crippen LogP contribution in [0.3, 0.4) is 0 Å². The smallest absolute Gasteiger partial charge is 0.251 e. The highest BCUT2D eigenvalue weighted by Gasteiger charge is 2.19. The standard InChI is InChI=1S/C23H30N2O3/c1-16(2)17-5-7-18(8-6-17)23(26)24-10-12-25-11-9-19-13-21(27-3)22(28-4)14-20(19)15-25/h5-8,13-14,16H,9-12,15H2,1-4H3,(H,24,26). The minimum absolute atomic E-state index is 0.0147. The van der Waals surface area contributed by atoms with E-state index in [1.54, 1.807) is 14.2 Å². The first-order valence-corrected chi connectivity index (χ1v) is 9.86. The van der Waals surface area contributed by atoms with Gasteiger partial charge in [-0.25, -0.2) is 0 Å². The fourth-order valence-corrected chi connectivity index (χ4v) is 3.58. The van der Waals surface area contributed by atoms with Gasteiger partial charge in [0.05, 0.1) is 14.2 Å². The molecule has 1 aliphatic heterocycles. The Morgan fingerprint density at radius 3 is 2.32 bits per heavy atom. The molecule has 1 N–H and O–H groups in total. The predicted molar refractivity (Wildman–Crippen MR) is 111 cm³/mol. The average Bonchev–Trinajstić information content (AvgIpc) is 2.72. The number of methoxy groups -OCH3 is 2. The Bertz CT molecular complexity index is 815. The van der Waals surface area contributed by atoms with Gasteiger partial charge in [0.15, 0.2) is 11.5 Å². The Balaban J connectivity index is 1.53. The van der Waals surface area contributed by atoms with Gasteiger partial charge in [0.1, 0.15) is 0 Å². The molecule has 0 aliphatic carbocycles. The van der Waals surface area contributed by atoms with Gasteiger partial charge in [0.25, 0.3) is 5.91 Å². The first-order chi connectivity index (χ1) is 13.5. The van der Waals surface area contributed by atoms with Crippen LogP contribution in [0, 0.1) is 0 Å². The van der Waals surface area contributed by atoms with Crippen molar-refractivity contribution in [3.05, 3.63) is 58.7 Å². The highest BCUT2D eigenvalue weighted by atomic mass is 16.5. The van der Waals surface area contributed by atoms with E-state index in [4.69, 9.17) is 9.47 Å². The van der Waals surface area contributed by atoms with Gasteiger partial charge in [-0.3, -0.25) is 9.69 Å². The van der Waals surface area contributed by atoms with E-state index in [0.29, 0.717) is 18.0 Å². The molecule has 0 saturated heterocycles. The Morgan fingerprint density at radius 1 is 1.07 bits per heavy atom. The molecule has 5 nitrogen and oxygen atoms in total. The third-order valence-corrected chi connectivity index (χ3v) is 5.35. The predicted octanol–water partition coefficient (Wildman–Crippen LogP) is 3.62. The summed E-state index contributed by atoms with van der Waals surface area (Å²) in [5, 5.41) is 3.03. The highest BCUT2D eigenvalue weighted by Crippen LogP contribution is 2.33. The molecule has 1 heterocycles. The zero-order valence-electron chi connectivity index (χ0n) is 17.2. The van der Waals surface area contributed by atoms with Gasteiger partial charge in [-0.15, -0.1) is 0 Å². The molecule has 2 aromatic carbocycles. The van der Waals surface area contributed by atoms with Crippen LogP contribution in [-0.2, 0) is 13.0 Å². The maximum atomic E-state index is 12.4. The molecule has 0 bridgehead atoms. The summed E-state index contributed by atoms with van der Waals surface area (Å²) in [5.41, 5.74) is 4.53. The van der Waals surface area contributed by atoms with E-state index in [-0.39, 0.29) is 5.91 Å². The average molecular weight is 383 g/mol. The molecule has 0 radical (unpaired) electrons. The van der Waals surface area contributed by atoms with Crippen molar-refractivity contribution < 1.29 is 14.3 Å². The molecular weight excluding hydrogens is 352 g/mol. The third-order valence-electron chi connectivity index (χ3n) is 5.35. The summed E-state index contributed by atoms with van der Waals surface area (Å²) in [6.07, 6.45) is 0.973. The van der Waals surface area contributed by atoms with Crippen molar-refractivity contribution in [2.75, 3.05) is 33.9 Å². The minimum Gasteiger partial charge on any atom is -0.493 e. The molecule has 0 spiro atoms. The Kier molecular flexibility index (Phi) is 6.57. The molecular formula is C23H30N2O3. The van der Waals surface area contributed by atoms with Crippen molar-refractivity contribution in [3.8, 4) is 11.5 Å². The molecule has 5 heteroatoms. The molecule has 0 aromatic heterocycles. The van der Waals surface area contributed by atoms with Crippen molar-refractivity contribution >= 4 is 5.91 Å². The second kappa shape index (κ2) is 9.11. The first kappa shape index (κ1) is 20.2. The number of amides is 1. The van der Waals surface area contributed by atoms with Gasteiger partial charge in [-0.05, 0) is 53.3 Å². The largest absolute Gasteiger partial charge is 0.493 e. The van der Waals surface area contributed by atoms with Gasteiger partial charge in [0.2, 0.25) is 0 Å². The van der Waals surface area contributed by atoms with E-state index in [9.17, 15) is 4.79 Å². The first-order valence-electron chi connectivity index (χ1n) is 9.86. The number of benzene rings is 2. The minimum atomic E-state index is -0.0147. The van der Waals surface area contributed by atoms with E-state index in [1.807, 2.05) is 24.3 Å². The number of nitrogens with one attached hydrogen (secondary N) is 1. The molecule has 2 aromatic rings. The molecule has 1 amide bonds. The summed E-state index contributed by atoms with van der Waals surface area (Å²) < 4.78 is 10.8. The number of ether oxygens (including phenoxy) is 2. The number of nitrogens with zero attached hydrogens (tertiary/aromatic N) is 1. The molecule has 0 unspecified atom stereocenters. The second-order valence-electron chi connectivity index (χ2n) is 7.53. The van der Waals surface area contributed by atoms with Crippen LogP contribution in [0.4, 0.5) is 0 Å². The third kappa shape index (κ3) is 4.65. The van der Waals surface area contributed by atoms with Crippen LogP contribution in [0.25, 0.3) is 0 Å². The molecule has 28 heavy (non-hydrogen) atoms. The van der Waals surface area contributed by atoms with Gasteiger partial charge >= 0.3 is 0 Å². The van der Waals surface area contributed by atoms with Gasteiger partial charge in [-0.2, -0.15) is 0 Å². The maximum absolute atomic E-state index is 12.4. The van der Waals surface area contributed by atoms with E-state index in [0.717, 1.165) is 37.6 Å². The van der Waals surface area contributed by atoms with Crippen LogP contribution >= 0.6 is 0 Å². The topological polar surface area (TPSA) is 50.8 Å². The number of hydrogen-bond acceptors (Lipinski definition) is 4. The van der Waals surface area contributed by atoms with E-state index >= 15 is 0 Å². The van der Waals surface area contributed by atoms with Gasteiger partial charge < -0.3 is 14.8 Å². The van der Waals surface area contributed by atoms with Crippen molar-refractivity contribution in [2.24, 2.45) is 0 Å². The zero-order valence-corrected chi connectivity index (χ0v) is 17.2. The quantitative estimate of drug-likeness (QED) is 0.795. The zero-order chi connectivity index (χ0) is 20.1. The molecule has 3 rings (SSSR count). The van der Waals surface area contributed by atoms with Crippen LogP contribution in [0.2, 0.25) is 0 Å².